The first-order chi connectivity index (χ1) is 5.24. The summed E-state index contributed by atoms with van der Waals surface area (Å²) in [5, 5.41) is 20.0. The fourth-order valence-corrected chi connectivity index (χ4v) is 1.15. The molecule has 0 saturated carbocycles. The van der Waals surface area contributed by atoms with Crippen LogP contribution in [0.25, 0.3) is 0 Å². The van der Waals surface area contributed by atoms with E-state index in [4.69, 9.17) is 10.3 Å². The Labute approximate surface area is 72.1 Å². The molecule has 0 aliphatic heterocycles. The lowest BCUT2D eigenvalue weighted by atomic mass is 10.2. The summed E-state index contributed by atoms with van der Waals surface area (Å²) >= 11 is 3.19. The van der Waals surface area contributed by atoms with E-state index in [0.717, 1.165) is 0 Å². The van der Waals surface area contributed by atoms with Crippen molar-refractivity contribution in [3.63, 3.8) is 0 Å². The van der Waals surface area contributed by atoms with Crippen molar-refractivity contribution in [2.45, 2.75) is 0 Å². The summed E-state index contributed by atoms with van der Waals surface area (Å²) in [6, 6.07) is 4.68. The fourth-order valence-electron chi connectivity index (χ4n) is 0.683. The number of aromatic hydroxyl groups is 1. The molecule has 0 fully saturated rings. The van der Waals surface area contributed by atoms with E-state index < -0.39 is 0 Å². The Hall–Kier alpha value is -1.03. The molecule has 1 rings (SSSR count). The van der Waals surface area contributed by atoms with Crippen LogP contribution in [0.4, 0.5) is 0 Å². The van der Waals surface area contributed by atoms with Crippen LogP contribution in [0.3, 0.4) is 0 Å². The maximum atomic E-state index is 8.97. The molecular weight excluding hydrogens is 210 g/mol. The van der Waals surface area contributed by atoms with Crippen LogP contribution >= 0.6 is 15.9 Å². The molecule has 0 aromatic heterocycles. The molecule has 58 valence electrons. The predicted molar refractivity (Wildman–Crippen MR) is 45.2 cm³/mol. The largest absolute Gasteiger partial charge is 0.508 e. The van der Waals surface area contributed by atoms with Crippen molar-refractivity contribution < 1.29 is 10.3 Å². The maximum Gasteiger partial charge on any atom is 0.116 e. The highest BCUT2D eigenvalue weighted by Gasteiger charge is 1.96. The van der Waals surface area contributed by atoms with Gasteiger partial charge in [-0.3, -0.25) is 0 Å². The van der Waals surface area contributed by atoms with Crippen LogP contribution in [0.1, 0.15) is 5.56 Å². The third-order valence-electron chi connectivity index (χ3n) is 1.18. The molecule has 4 heteroatoms. The summed E-state index contributed by atoms with van der Waals surface area (Å²) in [4.78, 5) is 0. The van der Waals surface area contributed by atoms with Crippen molar-refractivity contribution in [1.29, 1.82) is 0 Å². The number of halogens is 1. The van der Waals surface area contributed by atoms with Crippen LogP contribution in [-0.4, -0.2) is 16.5 Å². The topological polar surface area (TPSA) is 52.8 Å². The van der Waals surface area contributed by atoms with E-state index in [-0.39, 0.29) is 5.75 Å². The summed E-state index contributed by atoms with van der Waals surface area (Å²) < 4.78 is 0.690. The van der Waals surface area contributed by atoms with Crippen LogP contribution in [0.2, 0.25) is 0 Å². The molecule has 0 aliphatic carbocycles. The van der Waals surface area contributed by atoms with E-state index in [1.54, 1.807) is 6.07 Å². The van der Waals surface area contributed by atoms with Crippen molar-refractivity contribution in [2.24, 2.45) is 5.16 Å². The molecule has 2 N–H and O–H groups in total. The summed E-state index contributed by atoms with van der Waals surface area (Å²) in [5.41, 5.74) is 0.713. The van der Waals surface area contributed by atoms with Gasteiger partial charge in [0.2, 0.25) is 0 Å². The molecule has 0 radical (unpaired) electrons. The van der Waals surface area contributed by atoms with E-state index in [0.29, 0.717) is 10.0 Å². The van der Waals surface area contributed by atoms with Crippen LogP contribution in [0, 0.1) is 0 Å². The quantitative estimate of drug-likeness (QED) is 0.428. The molecule has 0 unspecified atom stereocenters. The highest BCUT2D eigenvalue weighted by molar-refractivity contribution is 9.10. The first-order valence-corrected chi connectivity index (χ1v) is 3.69. The highest BCUT2D eigenvalue weighted by Crippen LogP contribution is 2.20. The molecule has 0 heterocycles. The van der Waals surface area contributed by atoms with Gasteiger partial charge in [-0.25, -0.2) is 0 Å². The zero-order valence-electron chi connectivity index (χ0n) is 5.53. The number of phenolic OH excluding ortho intramolecular Hbond substituents is 1. The van der Waals surface area contributed by atoms with Crippen LogP contribution in [-0.2, 0) is 0 Å². The van der Waals surface area contributed by atoms with Crippen LogP contribution in [0.15, 0.2) is 27.8 Å². The van der Waals surface area contributed by atoms with Gasteiger partial charge in [-0.1, -0.05) is 5.16 Å². The minimum atomic E-state index is 0.173. The number of oxime groups is 1. The number of hydrogen-bond donors (Lipinski definition) is 2. The van der Waals surface area contributed by atoms with Gasteiger partial charge in [0, 0.05) is 10.0 Å². The van der Waals surface area contributed by atoms with Gasteiger partial charge in [-0.05, 0) is 34.1 Å². The maximum absolute atomic E-state index is 8.97. The molecule has 0 bridgehead atoms. The lowest BCUT2D eigenvalue weighted by molar-refractivity contribution is 0.322. The second-order valence-electron chi connectivity index (χ2n) is 1.95. The zero-order valence-corrected chi connectivity index (χ0v) is 7.12. The third kappa shape index (κ3) is 1.94. The lowest BCUT2D eigenvalue weighted by Gasteiger charge is -1.96. The van der Waals surface area contributed by atoms with Crippen LogP contribution in [0.5, 0.6) is 5.75 Å². The SMILES string of the molecule is O/N=C/c1ccc(O)cc1Br. The second-order valence-corrected chi connectivity index (χ2v) is 2.80. The monoisotopic (exact) mass is 215 g/mol. The van der Waals surface area contributed by atoms with Gasteiger partial charge in [-0.2, -0.15) is 0 Å². The first kappa shape index (κ1) is 8.07. The molecule has 11 heavy (non-hydrogen) atoms. The summed E-state index contributed by atoms with van der Waals surface area (Å²) in [7, 11) is 0. The normalized spacial score (nSPS) is 10.6. The second kappa shape index (κ2) is 3.39. The van der Waals surface area contributed by atoms with E-state index in [1.807, 2.05) is 0 Å². The lowest BCUT2D eigenvalue weighted by Crippen LogP contribution is -1.81. The standard InChI is InChI=1S/C7H6BrNO2/c8-7-3-6(10)2-1-5(7)4-9-11/h1-4,10-11H/b9-4+. The van der Waals surface area contributed by atoms with Gasteiger partial charge in [0.1, 0.15) is 5.75 Å². The van der Waals surface area contributed by atoms with Gasteiger partial charge >= 0.3 is 0 Å². The van der Waals surface area contributed by atoms with Gasteiger partial charge in [0.05, 0.1) is 6.21 Å². The number of rotatable bonds is 1. The predicted octanol–water partition coefficient (Wildman–Crippen LogP) is 1.96. The van der Waals surface area contributed by atoms with Crippen molar-refractivity contribution in [2.75, 3.05) is 0 Å². The third-order valence-corrected chi connectivity index (χ3v) is 1.87. The van der Waals surface area contributed by atoms with E-state index in [2.05, 4.69) is 21.1 Å². The molecule has 0 aliphatic rings. The summed E-state index contributed by atoms with van der Waals surface area (Å²) in [6.45, 7) is 0. The Bertz CT molecular complexity index is 286. The average molecular weight is 216 g/mol. The number of hydrogen-bond acceptors (Lipinski definition) is 3. The molecule has 1 aromatic rings. The minimum Gasteiger partial charge on any atom is -0.508 e. The molecule has 1 aromatic carbocycles. The zero-order chi connectivity index (χ0) is 8.27. The highest BCUT2D eigenvalue weighted by atomic mass is 79.9. The molecule has 0 amide bonds. The Morgan fingerprint density at radius 2 is 2.18 bits per heavy atom. The Morgan fingerprint density at radius 3 is 2.73 bits per heavy atom. The van der Waals surface area contributed by atoms with Crippen molar-refractivity contribution >= 4 is 22.1 Å². The number of benzene rings is 1. The number of nitrogens with zero attached hydrogens (tertiary/aromatic N) is 1. The van der Waals surface area contributed by atoms with Gasteiger partial charge < -0.3 is 10.3 Å². The van der Waals surface area contributed by atoms with Crippen molar-refractivity contribution in [3.8, 4) is 5.75 Å². The average Bonchev–Trinajstić information content (AvgIpc) is 1.95. The van der Waals surface area contributed by atoms with Crippen molar-refractivity contribution in [3.05, 3.63) is 28.2 Å². The van der Waals surface area contributed by atoms with E-state index in [1.165, 1.54) is 18.3 Å². The molecule has 3 nitrogen and oxygen atoms in total. The van der Waals surface area contributed by atoms with Gasteiger partial charge in [-0.15, -0.1) is 0 Å². The summed E-state index contributed by atoms with van der Waals surface area (Å²) in [5.74, 6) is 0.173. The van der Waals surface area contributed by atoms with Crippen molar-refractivity contribution in [1.82, 2.24) is 0 Å². The van der Waals surface area contributed by atoms with Crippen LogP contribution < -0.4 is 0 Å². The van der Waals surface area contributed by atoms with Gasteiger partial charge in [0.15, 0.2) is 0 Å². The first-order valence-electron chi connectivity index (χ1n) is 2.90. The fraction of sp³-hybridized carbons (Fsp3) is 0. The number of phenols is 1. The van der Waals surface area contributed by atoms with E-state index in [9.17, 15) is 0 Å². The summed E-state index contributed by atoms with van der Waals surface area (Å²) in [6.07, 6.45) is 1.28. The molecular formula is C7H6BrNO2. The minimum absolute atomic E-state index is 0.173. The Kier molecular flexibility index (Phi) is 2.48. The Morgan fingerprint density at radius 1 is 1.45 bits per heavy atom. The van der Waals surface area contributed by atoms with E-state index >= 15 is 0 Å². The smallest absolute Gasteiger partial charge is 0.116 e. The van der Waals surface area contributed by atoms with Gasteiger partial charge in [0.25, 0.3) is 0 Å². The molecule has 0 spiro atoms. The molecule has 0 atom stereocenters. The Balaban J connectivity index is 3.09. The molecule has 0 saturated heterocycles.